The second kappa shape index (κ2) is 10.1. The number of nitrogens with one attached hydrogen (secondary N) is 3. The summed E-state index contributed by atoms with van der Waals surface area (Å²) < 4.78 is 0.884. The maximum atomic E-state index is 12.1. The van der Waals surface area contributed by atoms with E-state index in [4.69, 9.17) is 17.0 Å². The molecule has 2 rings (SSSR count). The minimum atomic E-state index is -0.422. The molecule has 24 heavy (non-hydrogen) atoms. The largest absolute Gasteiger partial charge is 0.388 e. The van der Waals surface area contributed by atoms with Crippen LogP contribution in [0.4, 0.5) is 5.69 Å². The molecule has 0 saturated heterocycles. The normalized spacial score (nSPS) is 9.54. The van der Waals surface area contributed by atoms with Gasteiger partial charge in [-0.05, 0) is 35.9 Å². The summed E-state index contributed by atoms with van der Waals surface area (Å²) in [6.45, 7) is 4.35. The van der Waals surface area contributed by atoms with E-state index in [1.54, 1.807) is 31.3 Å². The first-order valence-corrected chi connectivity index (χ1v) is 8.77. The van der Waals surface area contributed by atoms with Crippen molar-refractivity contribution in [1.82, 2.24) is 5.32 Å². The van der Waals surface area contributed by atoms with Crippen LogP contribution in [0.3, 0.4) is 0 Å². The highest BCUT2D eigenvalue weighted by molar-refractivity contribution is 9.10. The molecular formula is C18H21BrClN3O. The van der Waals surface area contributed by atoms with Crippen LogP contribution in [0.25, 0.3) is 0 Å². The Balaban J connectivity index is 0.00000139. The number of carbonyl (C=O) groups excluding carboxylic acids is 1. The van der Waals surface area contributed by atoms with Gasteiger partial charge >= 0.3 is 0 Å². The molecule has 0 aliphatic heterocycles. The molecule has 0 fully saturated rings. The fourth-order valence-electron chi connectivity index (χ4n) is 1.94. The Morgan fingerprint density at radius 1 is 1.17 bits per heavy atom. The summed E-state index contributed by atoms with van der Waals surface area (Å²) in [6.07, 6.45) is 0. The topological polar surface area (TPSA) is 65.0 Å². The van der Waals surface area contributed by atoms with E-state index in [0.29, 0.717) is 17.1 Å². The summed E-state index contributed by atoms with van der Waals surface area (Å²) in [5.41, 5.74) is 2.13. The van der Waals surface area contributed by atoms with Crippen molar-refractivity contribution >= 4 is 44.8 Å². The summed E-state index contributed by atoms with van der Waals surface area (Å²) in [5, 5.41) is 14.4. The molecule has 0 atom stereocenters. The SMILES string of the molecule is CC.CNc1cc(Br)ccc1C(=N)C(=O)NCc1ccc(Cl)cc1. The van der Waals surface area contributed by atoms with Crippen LogP contribution in [0.1, 0.15) is 25.0 Å². The molecule has 1 amide bonds. The van der Waals surface area contributed by atoms with Gasteiger partial charge in [0.05, 0.1) is 0 Å². The third kappa shape index (κ3) is 5.65. The highest BCUT2D eigenvalue weighted by atomic mass is 79.9. The zero-order chi connectivity index (χ0) is 18.1. The number of anilines is 1. The van der Waals surface area contributed by atoms with Crippen molar-refractivity contribution in [3.63, 3.8) is 0 Å². The van der Waals surface area contributed by atoms with E-state index in [1.165, 1.54) is 0 Å². The predicted molar refractivity (Wildman–Crippen MR) is 105 cm³/mol. The molecule has 0 unspecified atom stereocenters. The van der Waals surface area contributed by atoms with Gasteiger partial charge in [0.25, 0.3) is 5.91 Å². The van der Waals surface area contributed by atoms with Gasteiger partial charge in [-0.25, -0.2) is 0 Å². The van der Waals surface area contributed by atoms with Gasteiger partial charge in [0, 0.05) is 34.3 Å². The quantitative estimate of drug-likeness (QED) is 0.617. The average Bonchev–Trinajstić information content (AvgIpc) is 2.62. The smallest absolute Gasteiger partial charge is 0.270 e. The minimum Gasteiger partial charge on any atom is -0.388 e. The number of hydrogen-bond acceptors (Lipinski definition) is 3. The summed E-state index contributed by atoms with van der Waals surface area (Å²) in [4.78, 5) is 12.1. The van der Waals surface area contributed by atoms with Crippen molar-refractivity contribution in [2.45, 2.75) is 20.4 Å². The third-order valence-electron chi connectivity index (χ3n) is 3.11. The molecule has 128 valence electrons. The molecule has 0 aromatic heterocycles. The second-order valence-electron chi connectivity index (χ2n) is 4.62. The Bertz CT molecular complexity index is 702. The van der Waals surface area contributed by atoms with E-state index in [-0.39, 0.29) is 5.71 Å². The number of halogens is 2. The van der Waals surface area contributed by atoms with Crippen LogP contribution in [0.2, 0.25) is 5.02 Å². The highest BCUT2D eigenvalue weighted by Crippen LogP contribution is 2.21. The molecule has 3 N–H and O–H groups in total. The molecule has 0 saturated carbocycles. The van der Waals surface area contributed by atoms with E-state index < -0.39 is 5.91 Å². The molecule has 4 nitrogen and oxygen atoms in total. The van der Waals surface area contributed by atoms with E-state index in [2.05, 4.69) is 26.6 Å². The molecule has 6 heteroatoms. The van der Waals surface area contributed by atoms with Crippen molar-refractivity contribution in [2.24, 2.45) is 0 Å². The van der Waals surface area contributed by atoms with Crippen LogP contribution in [0, 0.1) is 5.41 Å². The van der Waals surface area contributed by atoms with Crippen LogP contribution in [0.5, 0.6) is 0 Å². The van der Waals surface area contributed by atoms with Gasteiger partial charge in [-0.3, -0.25) is 10.2 Å². The van der Waals surface area contributed by atoms with Gasteiger partial charge in [0.2, 0.25) is 0 Å². The minimum absolute atomic E-state index is 0.0780. The van der Waals surface area contributed by atoms with Crippen LogP contribution < -0.4 is 10.6 Å². The van der Waals surface area contributed by atoms with Crippen LogP contribution in [-0.4, -0.2) is 18.7 Å². The average molecular weight is 411 g/mol. The van der Waals surface area contributed by atoms with Gasteiger partial charge in [-0.15, -0.1) is 0 Å². The van der Waals surface area contributed by atoms with Crippen LogP contribution in [0.15, 0.2) is 46.9 Å². The fourth-order valence-corrected chi connectivity index (χ4v) is 2.42. The van der Waals surface area contributed by atoms with Gasteiger partial charge in [0.1, 0.15) is 5.71 Å². The Labute approximate surface area is 156 Å². The zero-order valence-electron chi connectivity index (χ0n) is 13.9. The lowest BCUT2D eigenvalue weighted by Gasteiger charge is -2.11. The van der Waals surface area contributed by atoms with Gasteiger partial charge < -0.3 is 10.6 Å². The van der Waals surface area contributed by atoms with Gasteiger partial charge in [-0.1, -0.05) is 53.5 Å². The van der Waals surface area contributed by atoms with Gasteiger partial charge in [0.15, 0.2) is 0 Å². The Morgan fingerprint density at radius 2 is 1.79 bits per heavy atom. The summed E-state index contributed by atoms with van der Waals surface area (Å²) >= 11 is 9.19. The molecule has 0 heterocycles. The third-order valence-corrected chi connectivity index (χ3v) is 3.86. The number of benzene rings is 2. The predicted octanol–water partition coefficient (Wildman–Crippen LogP) is 4.85. The summed E-state index contributed by atoms with van der Waals surface area (Å²) in [6, 6.07) is 12.6. The monoisotopic (exact) mass is 409 g/mol. The number of rotatable bonds is 5. The summed E-state index contributed by atoms with van der Waals surface area (Å²) in [5.74, 6) is -0.422. The zero-order valence-corrected chi connectivity index (χ0v) is 16.3. The van der Waals surface area contributed by atoms with E-state index >= 15 is 0 Å². The fraction of sp³-hybridized carbons (Fsp3) is 0.222. The molecule has 0 spiro atoms. The lowest BCUT2D eigenvalue weighted by molar-refractivity contribution is -0.114. The van der Waals surface area contributed by atoms with Crippen LogP contribution >= 0.6 is 27.5 Å². The molecule has 2 aromatic rings. The highest BCUT2D eigenvalue weighted by Gasteiger charge is 2.15. The molecule has 0 radical (unpaired) electrons. The van der Waals surface area contributed by atoms with Crippen molar-refractivity contribution in [3.8, 4) is 0 Å². The van der Waals surface area contributed by atoms with E-state index in [1.807, 2.05) is 32.0 Å². The van der Waals surface area contributed by atoms with E-state index in [0.717, 1.165) is 15.7 Å². The second-order valence-corrected chi connectivity index (χ2v) is 5.98. The Hall–Kier alpha value is -1.85. The lowest BCUT2D eigenvalue weighted by atomic mass is 10.1. The maximum absolute atomic E-state index is 12.1. The Kier molecular flexibility index (Phi) is 8.50. The molecular weight excluding hydrogens is 390 g/mol. The maximum Gasteiger partial charge on any atom is 0.270 e. The summed E-state index contributed by atoms with van der Waals surface area (Å²) in [7, 11) is 1.75. The van der Waals surface area contributed by atoms with Crippen LogP contribution in [-0.2, 0) is 11.3 Å². The van der Waals surface area contributed by atoms with Crippen molar-refractivity contribution < 1.29 is 4.79 Å². The molecule has 2 aromatic carbocycles. The molecule has 0 aliphatic rings. The first kappa shape index (κ1) is 20.2. The standard InChI is InChI=1S/C16H15BrClN3O.C2H6/c1-20-14-8-11(17)4-7-13(14)15(19)16(22)21-9-10-2-5-12(18)6-3-10;1-2/h2-8,19-20H,9H2,1H3,(H,21,22);1-2H3. The van der Waals surface area contributed by atoms with Crippen molar-refractivity contribution in [1.29, 1.82) is 5.41 Å². The molecule has 0 aliphatic carbocycles. The Morgan fingerprint density at radius 3 is 2.38 bits per heavy atom. The van der Waals surface area contributed by atoms with Crippen molar-refractivity contribution in [2.75, 3.05) is 12.4 Å². The van der Waals surface area contributed by atoms with Gasteiger partial charge in [-0.2, -0.15) is 0 Å². The lowest BCUT2D eigenvalue weighted by Crippen LogP contribution is -2.31. The number of amides is 1. The first-order valence-electron chi connectivity index (χ1n) is 7.60. The number of carbonyl (C=O) groups is 1. The number of hydrogen-bond donors (Lipinski definition) is 3. The molecule has 0 bridgehead atoms. The van der Waals surface area contributed by atoms with E-state index in [9.17, 15) is 4.79 Å². The first-order chi connectivity index (χ1) is 11.5. The van der Waals surface area contributed by atoms with Crippen molar-refractivity contribution in [3.05, 3.63) is 63.1 Å².